The predicted molar refractivity (Wildman–Crippen MR) is 66.0 cm³/mol. The minimum absolute atomic E-state index is 0.139. The van der Waals surface area contributed by atoms with E-state index in [2.05, 4.69) is 24.0 Å². The average molecular weight is 219 g/mol. The van der Waals surface area contributed by atoms with Crippen LogP contribution in [0, 0.1) is 5.92 Å². The summed E-state index contributed by atoms with van der Waals surface area (Å²) in [4.78, 5) is 2.51. The molecule has 1 aromatic carbocycles. The second-order valence-electron chi connectivity index (χ2n) is 4.75. The smallest absolute Gasteiger partial charge is 0.0681 e. The second-order valence-corrected chi connectivity index (χ2v) is 4.75. The summed E-state index contributed by atoms with van der Waals surface area (Å²) < 4.78 is 0. The summed E-state index contributed by atoms with van der Waals surface area (Å²) in [5.41, 5.74) is 2.34. The third-order valence-corrected chi connectivity index (χ3v) is 3.27. The van der Waals surface area contributed by atoms with Gasteiger partial charge in [-0.3, -0.25) is 4.90 Å². The first-order valence-corrected chi connectivity index (χ1v) is 6.23. The maximum Gasteiger partial charge on any atom is 0.0681 e. The minimum atomic E-state index is 0.139. The molecule has 1 saturated carbocycles. The van der Waals surface area contributed by atoms with E-state index in [9.17, 15) is 0 Å². The van der Waals surface area contributed by atoms with Gasteiger partial charge in [-0.1, -0.05) is 31.2 Å². The lowest BCUT2D eigenvalue weighted by Crippen LogP contribution is -2.25. The van der Waals surface area contributed by atoms with E-state index in [1.54, 1.807) is 0 Å². The second kappa shape index (κ2) is 5.46. The van der Waals surface area contributed by atoms with Crippen molar-refractivity contribution in [3.05, 3.63) is 35.4 Å². The first-order valence-electron chi connectivity index (χ1n) is 6.23. The Balaban J connectivity index is 1.89. The molecule has 1 aliphatic carbocycles. The van der Waals surface area contributed by atoms with Crippen LogP contribution in [0.15, 0.2) is 24.3 Å². The lowest BCUT2D eigenvalue weighted by molar-refractivity contribution is 0.268. The number of hydrogen-bond acceptors (Lipinski definition) is 2. The molecule has 0 amide bonds. The van der Waals surface area contributed by atoms with Crippen molar-refractivity contribution in [2.45, 2.75) is 32.9 Å². The molecule has 2 nitrogen and oxygen atoms in total. The van der Waals surface area contributed by atoms with Crippen LogP contribution in [-0.4, -0.2) is 23.1 Å². The van der Waals surface area contributed by atoms with Crippen molar-refractivity contribution in [3.63, 3.8) is 0 Å². The van der Waals surface area contributed by atoms with Crippen LogP contribution < -0.4 is 0 Å². The third-order valence-electron chi connectivity index (χ3n) is 3.27. The van der Waals surface area contributed by atoms with Crippen molar-refractivity contribution < 1.29 is 5.11 Å². The van der Waals surface area contributed by atoms with Crippen LogP contribution in [0.3, 0.4) is 0 Å². The number of hydrogen-bond donors (Lipinski definition) is 1. The normalized spacial score (nSPS) is 15.7. The van der Waals surface area contributed by atoms with E-state index in [0.717, 1.165) is 24.6 Å². The maximum atomic E-state index is 8.97. The van der Waals surface area contributed by atoms with Crippen LogP contribution in [0.1, 0.15) is 30.9 Å². The molecule has 16 heavy (non-hydrogen) atoms. The molecule has 0 atom stereocenters. The van der Waals surface area contributed by atoms with Gasteiger partial charge < -0.3 is 5.11 Å². The van der Waals surface area contributed by atoms with Gasteiger partial charge in [0.2, 0.25) is 0 Å². The van der Waals surface area contributed by atoms with Crippen molar-refractivity contribution >= 4 is 0 Å². The standard InChI is InChI=1S/C14H21NO/c1-2-15(9-12-3-4-12)10-13-5-7-14(11-16)8-6-13/h5-8,12,16H,2-4,9-11H2,1H3. The molecule has 0 radical (unpaired) electrons. The van der Waals surface area contributed by atoms with Gasteiger partial charge in [-0.05, 0) is 36.4 Å². The van der Waals surface area contributed by atoms with Gasteiger partial charge in [0.15, 0.2) is 0 Å². The molecular weight excluding hydrogens is 198 g/mol. The zero-order chi connectivity index (χ0) is 11.4. The quantitative estimate of drug-likeness (QED) is 0.794. The Kier molecular flexibility index (Phi) is 3.97. The SMILES string of the molecule is CCN(Cc1ccc(CO)cc1)CC1CC1. The van der Waals surface area contributed by atoms with E-state index in [0.29, 0.717) is 0 Å². The van der Waals surface area contributed by atoms with Crippen LogP contribution in [0.5, 0.6) is 0 Å². The first-order chi connectivity index (χ1) is 7.81. The van der Waals surface area contributed by atoms with Crippen molar-refractivity contribution in [2.24, 2.45) is 5.92 Å². The molecule has 0 saturated heterocycles. The Hall–Kier alpha value is -0.860. The summed E-state index contributed by atoms with van der Waals surface area (Å²) in [6, 6.07) is 8.28. The van der Waals surface area contributed by atoms with E-state index < -0.39 is 0 Å². The molecule has 1 fully saturated rings. The monoisotopic (exact) mass is 219 g/mol. The summed E-state index contributed by atoms with van der Waals surface area (Å²) in [6.07, 6.45) is 2.83. The van der Waals surface area contributed by atoms with Gasteiger partial charge in [0.05, 0.1) is 6.61 Å². The topological polar surface area (TPSA) is 23.5 Å². The largest absolute Gasteiger partial charge is 0.392 e. The molecule has 2 heteroatoms. The fourth-order valence-electron chi connectivity index (χ4n) is 1.98. The molecule has 1 N–H and O–H groups in total. The number of nitrogens with zero attached hydrogens (tertiary/aromatic N) is 1. The molecular formula is C14H21NO. The van der Waals surface area contributed by atoms with Gasteiger partial charge in [-0.2, -0.15) is 0 Å². The van der Waals surface area contributed by atoms with Gasteiger partial charge in [0.25, 0.3) is 0 Å². The molecule has 2 rings (SSSR count). The summed E-state index contributed by atoms with van der Waals surface area (Å²) in [5.74, 6) is 0.955. The van der Waals surface area contributed by atoms with Gasteiger partial charge >= 0.3 is 0 Å². The summed E-state index contributed by atoms with van der Waals surface area (Å²) in [5, 5.41) is 8.97. The van der Waals surface area contributed by atoms with Gasteiger partial charge in [0, 0.05) is 13.1 Å². The summed E-state index contributed by atoms with van der Waals surface area (Å²) >= 11 is 0. The third kappa shape index (κ3) is 3.32. The van der Waals surface area contributed by atoms with Gasteiger partial charge in [-0.15, -0.1) is 0 Å². The molecule has 0 unspecified atom stereocenters. The fourth-order valence-corrected chi connectivity index (χ4v) is 1.98. The van der Waals surface area contributed by atoms with Crippen molar-refractivity contribution in [2.75, 3.05) is 13.1 Å². The molecule has 0 bridgehead atoms. The van der Waals surface area contributed by atoms with Crippen molar-refractivity contribution in [1.82, 2.24) is 4.90 Å². The number of rotatable bonds is 6. The maximum absolute atomic E-state index is 8.97. The number of benzene rings is 1. The highest BCUT2D eigenvalue weighted by atomic mass is 16.3. The van der Waals surface area contributed by atoms with Crippen LogP contribution in [0.4, 0.5) is 0 Å². The zero-order valence-electron chi connectivity index (χ0n) is 10.0. The van der Waals surface area contributed by atoms with Crippen LogP contribution >= 0.6 is 0 Å². The first kappa shape index (κ1) is 11.6. The Morgan fingerprint density at radius 1 is 1.19 bits per heavy atom. The zero-order valence-corrected chi connectivity index (χ0v) is 10.0. The molecule has 88 valence electrons. The van der Waals surface area contributed by atoms with Crippen LogP contribution in [-0.2, 0) is 13.2 Å². The predicted octanol–water partition coefficient (Wildman–Crippen LogP) is 2.41. The van der Waals surface area contributed by atoms with E-state index in [1.165, 1.54) is 24.9 Å². The molecule has 0 aromatic heterocycles. The lowest BCUT2D eigenvalue weighted by Gasteiger charge is -2.20. The minimum Gasteiger partial charge on any atom is -0.392 e. The number of aliphatic hydroxyl groups excluding tert-OH is 1. The fraction of sp³-hybridized carbons (Fsp3) is 0.571. The van der Waals surface area contributed by atoms with Crippen molar-refractivity contribution in [3.8, 4) is 0 Å². The average Bonchev–Trinajstić information content (AvgIpc) is 3.13. The number of aliphatic hydroxyl groups is 1. The highest BCUT2D eigenvalue weighted by Gasteiger charge is 2.23. The van der Waals surface area contributed by atoms with Crippen LogP contribution in [0.2, 0.25) is 0 Å². The summed E-state index contributed by atoms with van der Waals surface area (Å²) in [7, 11) is 0. The lowest BCUT2D eigenvalue weighted by atomic mass is 10.1. The Labute approximate surface area is 97.9 Å². The van der Waals surface area contributed by atoms with Gasteiger partial charge in [0.1, 0.15) is 0 Å². The summed E-state index contributed by atoms with van der Waals surface area (Å²) in [6.45, 7) is 5.78. The Morgan fingerprint density at radius 2 is 1.81 bits per heavy atom. The van der Waals surface area contributed by atoms with E-state index >= 15 is 0 Å². The highest BCUT2D eigenvalue weighted by Crippen LogP contribution is 2.30. The molecule has 1 aromatic rings. The van der Waals surface area contributed by atoms with E-state index in [4.69, 9.17) is 5.11 Å². The Bertz CT molecular complexity index is 316. The van der Waals surface area contributed by atoms with E-state index in [1.807, 2.05) is 12.1 Å². The van der Waals surface area contributed by atoms with Crippen LogP contribution in [0.25, 0.3) is 0 Å². The molecule has 1 aliphatic rings. The van der Waals surface area contributed by atoms with Gasteiger partial charge in [-0.25, -0.2) is 0 Å². The molecule has 0 aliphatic heterocycles. The van der Waals surface area contributed by atoms with Crippen molar-refractivity contribution in [1.29, 1.82) is 0 Å². The molecule has 0 spiro atoms. The highest BCUT2D eigenvalue weighted by molar-refractivity contribution is 5.21. The Morgan fingerprint density at radius 3 is 2.31 bits per heavy atom. The van der Waals surface area contributed by atoms with E-state index in [-0.39, 0.29) is 6.61 Å². The molecule has 0 heterocycles.